The first-order valence-electron chi connectivity index (χ1n) is 12.0. The maximum absolute atomic E-state index is 13.1. The molecule has 37 heavy (non-hydrogen) atoms. The second-order valence-corrected chi connectivity index (χ2v) is 9.63. The van der Waals surface area contributed by atoms with E-state index in [0.29, 0.717) is 5.56 Å². The highest BCUT2D eigenvalue weighted by atomic mass is 32.2. The Morgan fingerprint density at radius 1 is 1.05 bits per heavy atom. The zero-order valence-corrected chi connectivity index (χ0v) is 21.0. The van der Waals surface area contributed by atoms with Crippen LogP contribution in [-0.2, 0) is 16.9 Å². The van der Waals surface area contributed by atoms with Crippen LogP contribution in [-0.4, -0.2) is 30.3 Å². The summed E-state index contributed by atoms with van der Waals surface area (Å²) in [6.45, 7) is 1.81. The number of carbonyl (C=O) groups is 2. The molecule has 1 atom stereocenters. The van der Waals surface area contributed by atoms with Gasteiger partial charge < -0.3 is 19.2 Å². The summed E-state index contributed by atoms with van der Waals surface area (Å²) in [5.41, 5.74) is 2.73. The number of benzene rings is 3. The molecule has 2 heterocycles. The molecule has 4 aromatic rings. The van der Waals surface area contributed by atoms with E-state index < -0.39 is 11.4 Å². The molecule has 3 aromatic carbocycles. The van der Waals surface area contributed by atoms with Crippen molar-refractivity contribution in [3.8, 4) is 5.75 Å². The lowest BCUT2D eigenvalue weighted by Gasteiger charge is -2.10. The van der Waals surface area contributed by atoms with Gasteiger partial charge in [0.15, 0.2) is 11.0 Å². The summed E-state index contributed by atoms with van der Waals surface area (Å²) in [4.78, 5) is 37.8. The Bertz CT molecular complexity index is 1510. The molecule has 1 aromatic heterocycles. The molecule has 0 radical (unpaired) electrons. The van der Waals surface area contributed by atoms with Crippen LogP contribution in [0.1, 0.15) is 39.0 Å². The number of hydrogen-bond acceptors (Lipinski definition) is 7. The van der Waals surface area contributed by atoms with Crippen LogP contribution < -0.4 is 15.5 Å². The lowest BCUT2D eigenvalue weighted by molar-refractivity contribution is 0.0490. The number of hydrogen-bond donors (Lipinski definition) is 1. The average Bonchev–Trinajstić information content (AvgIpc) is 3.32. The fraction of sp³-hybridized carbons (Fsp3) is 0.207. The minimum Gasteiger partial charge on any atom is -0.489 e. The summed E-state index contributed by atoms with van der Waals surface area (Å²) < 4.78 is 16.7. The van der Waals surface area contributed by atoms with Crippen LogP contribution in [0.2, 0.25) is 0 Å². The van der Waals surface area contributed by atoms with Gasteiger partial charge in [0.05, 0.1) is 17.7 Å². The van der Waals surface area contributed by atoms with E-state index in [4.69, 9.17) is 13.9 Å². The van der Waals surface area contributed by atoms with Crippen LogP contribution in [0.4, 0.5) is 5.69 Å². The van der Waals surface area contributed by atoms with Crippen molar-refractivity contribution in [1.82, 2.24) is 0 Å². The van der Waals surface area contributed by atoms with Crippen LogP contribution >= 0.6 is 11.8 Å². The number of anilines is 1. The molecule has 1 aliphatic heterocycles. The quantitative estimate of drug-likeness (QED) is 0.312. The lowest BCUT2D eigenvalue weighted by Crippen LogP contribution is -2.16. The molecule has 1 N–H and O–H groups in total. The molecular weight excluding hydrogens is 490 g/mol. The molecule has 8 heteroatoms. The Hall–Kier alpha value is -4.04. The van der Waals surface area contributed by atoms with Gasteiger partial charge in [-0.15, -0.1) is 0 Å². The van der Waals surface area contributed by atoms with E-state index in [1.54, 1.807) is 31.2 Å². The fourth-order valence-corrected chi connectivity index (χ4v) is 5.20. The normalized spacial score (nSPS) is 14.1. The Morgan fingerprint density at radius 3 is 2.70 bits per heavy atom. The zero-order valence-electron chi connectivity index (χ0n) is 20.2. The number of carbonyl (C=O) groups excluding carboxylic acids is 2. The van der Waals surface area contributed by atoms with E-state index in [-0.39, 0.29) is 41.0 Å². The molecule has 7 nitrogen and oxygen atoms in total. The first-order chi connectivity index (χ1) is 18.0. The molecule has 0 fully saturated rings. The molecule has 0 saturated carbocycles. The molecule has 0 spiro atoms. The minimum absolute atomic E-state index is 0.0515. The predicted octanol–water partition coefficient (Wildman–Crippen LogP) is 5.46. The van der Waals surface area contributed by atoms with Crippen LogP contribution in [0.15, 0.2) is 82.0 Å². The molecule has 1 aliphatic rings. The number of amides is 1. The van der Waals surface area contributed by atoms with Crippen LogP contribution in [0.3, 0.4) is 0 Å². The van der Waals surface area contributed by atoms with Crippen LogP contribution in [0.25, 0.3) is 11.0 Å². The van der Waals surface area contributed by atoms with Gasteiger partial charge in [0.1, 0.15) is 11.9 Å². The number of thioether (sulfide) groups is 1. The Balaban J connectivity index is 1.29. The molecule has 1 amide bonds. The topological polar surface area (TPSA) is 94.8 Å². The van der Waals surface area contributed by atoms with Crippen molar-refractivity contribution in [3.63, 3.8) is 0 Å². The third kappa shape index (κ3) is 5.54. The molecule has 5 rings (SSSR count). The number of nitrogens with one attached hydrogen (secondary N) is 1. The number of rotatable bonds is 8. The highest BCUT2D eigenvalue weighted by molar-refractivity contribution is 7.98. The number of fused-ring (bicyclic) bond motifs is 2. The van der Waals surface area contributed by atoms with Gasteiger partial charge in [-0.3, -0.25) is 9.59 Å². The van der Waals surface area contributed by atoms with Gasteiger partial charge in [-0.05, 0) is 48.4 Å². The molecule has 0 bridgehead atoms. The number of esters is 1. The van der Waals surface area contributed by atoms with Gasteiger partial charge in [0.25, 0.3) is 5.91 Å². The second kappa shape index (κ2) is 10.9. The maximum atomic E-state index is 13.1. The summed E-state index contributed by atoms with van der Waals surface area (Å²) in [7, 11) is 0. The van der Waals surface area contributed by atoms with Crippen molar-refractivity contribution in [1.29, 1.82) is 0 Å². The average molecular weight is 516 g/mol. The second-order valence-electron chi connectivity index (χ2n) is 8.60. The van der Waals surface area contributed by atoms with Gasteiger partial charge in [-0.1, -0.05) is 36.4 Å². The zero-order chi connectivity index (χ0) is 25.8. The summed E-state index contributed by atoms with van der Waals surface area (Å²) >= 11 is 1.82. The van der Waals surface area contributed by atoms with E-state index in [0.717, 1.165) is 35.3 Å². The third-order valence-corrected chi connectivity index (χ3v) is 7.10. The van der Waals surface area contributed by atoms with E-state index in [2.05, 4.69) is 17.4 Å². The summed E-state index contributed by atoms with van der Waals surface area (Å²) in [6, 6.07) is 21.6. The highest BCUT2D eigenvalue weighted by Gasteiger charge is 2.24. The molecule has 1 unspecified atom stereocenters. The van der Waals surface area contributed by atoms with Crippen molar-refractivity contribution >= 4 is 40.3 Å². The van der Waals surface area contributed by atoms with Crippen molar-refractivity contribution in [2.75, 3.05) is 17.7 Å². The standard InChI is InChI=1S/C29H25NO6S/c1-2-34-29(33)26-15-24(31)22-9-6-10-23(27(22)36-26)30-28(32)19-11-12-25-20(13-19)14-21(35-25)17-37-16-18-7-4-3-5-8-18/h3-13,15,21H,2,14,16-17H2,1H3,(H,30,32). The van der Waals surface area contributed by atoms with Gasteiger partial charge in [-0.2, -0.15) is 11.8 Å². The highest BCUT2D eigenvalue weighted by Crippen LogP contribution is 2.32. The van der Waals surface area contributed by atoms with Crippen molar-refractivity contribution in [2.24, 2.45) is 0 Å². The monoisotopic (exact) mass is 515 g/mol. The van der Waals surface area contributed by atoms with E-state index >= 15 is 0 Å². The Labute approximate surface area is 217 Å². The smallest absolute Gasteiger partial charge is 0.374 e. The minimum atomic E-state index is -0.738. The first kappa shape index (κ1) is 24.6. The molecule has 188 valence electrons. The molecular formula is C29H25NO6S. The summed E-state index contributed by atoms with van der Waals surface area (Å²) in [5, 5.41) is 3.07. The van der Waals surface area contributed by atoms with Gasteiger partial charge in [0.2, 0.25) is 5.76 Å². The van der Waals surface area contributed by atoms with E-state index in [1.807, 2.05) is 42.1 Å². The largest absolute Gasteiger partial charge is 0.489 e. The molecule has 0 saturated heterocycles. The number of para-hydroxylation sites is 1. The van der Waals surface area contributed by atoms with Crippen molar-refractivity contribution in [2.45, 2.75) is 25.2 Å². The van der Waals surface area contributed by atoms with Crippen molar-refractivity contribution in [3.05, 3.63) is 105 Å². The van der Waals surface area contributed by atoms with Gasteiger partial charge >= 0.3 is 5.97 Å². The SMILES string of the molecule is CCOC(=O)c1cc(=O)c2cccc(NC(=O)c3ccc4c(c3)CC(CSCc3ccccc3)O4)c2o1. The summed E-state index contributed by atoms with van der Waals surface area (Å²) in [5.74, 6) is 1.25. The third-order valence-electron chi connectivity index (χ3n) is 5.96. The summed E-state index contributed by atoms with van der Waals surface area (Å²) in [6.07, 6.45) is 0.778. The Kier molecular flexibility index (Phi) is 7.28. The van der Waals surface area contributed by atoms with Crippen molar-refractivity contribution < 1.29 is 23.5 Å². The van der Waals surface area contributed by atoms with E-state index in [9.17, 15) is 14.4 Å². The Morgan fingerprint density at radius 2 is 1.89 bits per heavy atom. The fourth-order valence-electron chi connectivity index (χ4n) is 4.21. The van der Waals surface area contributed by atoms with Crippen LogP contribution in [0, 0.1) is 0 Å². The predicted molar refractivity (Wildman–Crippen MR) is 144 cm³/mol. The maximum Gasteiger partial charge on any atom is 0.374 e. The molecule has 0 aliphatic carbocycles. The first-order valence-corrected chi connectivity index (χ1v) is 13.1. The lowest BCUT2D eigenvalue weighted by atomic mass is 10.1. The van der Waals surface area contributed by atoms with Crippen LogP contribution in [0.5, 0.6) is 5.75 Å². The number of ether oxygens (including phenoxy) is 2. The van der Waals surface area contributed by atoms with Gasteiger partial charge in [-0.25, -0.2) is 4.79 Å². The van der Waals surface area contributed by atoms with Gasteiger partial charge in [0, 0.05) is 29.6 Å². The van der Waals surface area contributed by atoms with E-state index in [1.165, 1.54) is 5.56 Å².